The van der Waals surface area contributed by atoms with Crippen LogP contribution in [0.2, 0.25) is 0 Å². The number of aromatic nitrogens is 2. The van der Waals surface area contributed by atoms with E-state index in [1.807, 2.05) is 23.1 Å². The third-order valence-electron chi connectivity index (χ3n) is 6.76. The van der Waals surface area contributed by atoms with Crippen LogP contribution in [0.4, 0.5) is 11.5 Å². The average molecular weight is 508 g/mol. The van der Waals surface area contributed by atoms with Gasteiger partial charge in [0.1, 0.15) is 17.3 Å². The molecule has 0 unspecified atom stereocenters. The Bertz CT molecular complexity index is 1170. The highest BCUT2D eigenvalue weighted by Crippen LogP contribution is 2.27. The highest BCUT2D eigenvalue weighted by atomic mass is 32.2. The Balaban J connectivity index is 1.21. The molecule has 2 aliphatic heterocycles. The van der Waals surface area contributed by atoms with E-state index < -0.39 is 0 Å². The van der Waals surface area contributed by atoms with Crippen molar-refractivity contribution in [3.63, 3.8) is 0 Å². The number of carbonyl (C=O) groups excluding carboxylic acids is 1. The summed E-state index contributed by atoms with van der Waals surface area (Å²) in [6, 6.07) is 14.0. The minimum atomic E-state index is -0.0101. The summed E-state index contributed by atoms with van der Waals surface area (Å²) in [7, 11) is 1.69. The number of aryl methyl sites for hydroxylation is 1. The van der Waals surface area contributed by atoms with Gasteiger partial charge in [0.25, 0.3) is 5.91 Å². The predicted molar refractivity (Wildman–Crippen MR) is 142 cm³/mol. The van der Waals surface area contributed by atoms with Crippen LogP contribution in [-0.2, 0) is 12.2 Å². The van der Waals surface area contributed by atoms with E-state index in [-0.39, 0.29) is 5.91 Å². The number of thioether (sulfide) groups is 1. The van der Waals surface area contributed by atoms with E-state index >= 15 is 0 Å². The molecule has 5 rings (SSSR count). The molecule has 0 bridgehead atoms. The zero-order chi connectivity index (χ0) is 24.9. The zero-order valence-electron chi connectivity index (χ0n) is 21.0. The summed E-state index contributed by atoms with van der Waals surface area (Å²) < 4.78 is 11.1. The number of piperazine rings is 1. The molecule has 2 saturated heterocycles. The molecule has 8 nitrogen and oxygen atoms in total. The summed E-state index contributed by atoms with van der Waals surface area (Å²) in [5.74, 6) is 3.62. The van der Waals surface area contributed by atoms with Crippen molar-refractivity contribution >= 4 is 29.2 Å². The van der Waals surface area contributed by atoms with Gasteiger partial charge < -0.3 is 23.9 Å². The van der Waals surface area contributed by atoms with E-state index in [0.717, 1.165) is 86.7 Å². The summed E-state index contributed by atoms with van der Waals surface area (Å²) in [4.78, 5) is 28.8. The molecule has 2 aliphatic rings. The molecule has 1 aromatic carbocycles. The molecule has 190 valence electrons. The van der Waals surface area contributed by atoms with Gasteiger partial charge in [-0.1, -0.05) is 18.7 Å². The molecule has 4 heterocycles. The SMILES string of the molecule is CCc1cc(N2CCN(c3ccc(OC)cc3)CC2)nc(SCc2ccc(C(=O)N3CCCC3)o2)n1. The van der Waals surface area contributed by atoms with Gasteiger partial charge in [-0.05, 0) is 55.7 Å². The number of hydrogen-bond donors (Lipinski definition) is 0. The van der Waals surface area contributed by atoms with Crippen molar-refractivity contribution in [2.45, 2.75) is 37.1 Å². The van der Waals surface area contributed by atoms with Crippen LogP contribution in [0.15, 0.2) is 52.0 Å². The summed E-state index contributed by atoms with van der Waals surface area (Å²) in [6.45, 7) is 7.41. The van der Waals surface area contributed by atoms with Gasteiger partial charge in [0.15, 0.2) is 10.9 Å². The first-order chi connectivity index (χ1) is 17.6. The Morgan fingerprint density at radius 1 is 0.972 bits per heavy atom. The number of likely N-dealkylation sites (tertiary alicyclic amines) is 1. The average Bonchev–Trinajstić information content (AvgIpc) is 3.64. The lowest BCUT2D eigenvalue weighted by atomic mass is 10.2. The van der Waals surface area contributed by atoms with Crippen LogP contribution in [0, 0.1) is 0 Å². The van der Waals surface area contributed by atoms with Gasteiger partial charge >= 0.3 is 0 Å². The van der Waals surface area contributed by atoms with Crippen LogP contribution in [0.3, 0.4) is 0 Å². The van der Waals surface area contributed by atoms with Crippen molar-refractivity contribution in [1.29, 1.82) is 0 Å². The molecule has 0 saturated carbocycles. The maximum atomic E-state index is 12.6. The molecular formula is C27H33N5O3S. The quantitative estimate of drug-likeness (QED) is 0.326. The number of benzene rings is 1. The lowest BCUT2D eigenvalue weighted by molar-refractivity contribution is 0.0760. The van der Waals surface area contributed by atoms with E-state index in [1.54, 1.807) is 24.9 Å². The molecule has 0 atom stereocenters. The van der Waals surface area contributed by atoms with E-state index in [2.05, 4.69) is 34.9 Å². The van der Waals surface area contributed by atoms with Crippen molar-refractivity contribution in [3.05, 3.63) is 59.7 Å². The molecule has 0 spiro atoms. The third-order valence-corrected chi connectivity index (χ3v) is 7.63. The first-order valence-electron chi connectivity index (χ1n) is 12.7. The molecule has 3 aromatic rings. The molecule has 1 amide bonds. The maximum Gasteiger partial charge on any atom is 0.289 e. The number of carbonyl (C=O) groups is 1. The lowest BCUT2D eigenvalue weighted by Crippen LogP contribution is -2.46. The zero-order valence-corrected chi connectivity index (χ0v) is 21.8. The van der Waals surface area contributed by atoms with Crippen molar-refractivity contribution in [2.75, 3.05) is 56.2 Å². The minimum absolute atomic E-state index is 0.0101. The fraction of sp³-hybridized carbons (Fsp3) is 0.444. The fourth-order valence-electron chi connectivity index (χ4n) is 4.64. The molecule has 9 heteroatoms. The topological polar surface area (TPSA) is 74.9 Å². The predicted octanol–water partition coefficient (Wildman–Crippen LogP) is 4.50. The van der Waals surface area contributed by atoms with Crippen LogP contribution in [0.1, 0.15) is 41.8 Å². The number of hydrogen-bond acceptors (Lipinski definition) is 8. The Morgan fingerprint density at radius 3 is 2.39 bits per heavy atom. The summed E-state index contributed by atoms with van der Waals surface area (Å²) in [5.41, 5.74) is 2.24. The number of ether oxygens (including phenoxy) is 1. The second-order valence-corrected chi connectivity index (χ2v) is 10.0. The van der Waals surface area contributed by atoms with Crippen molar-refractivity contribution in [2.24, 2.45) is 0 Å². The second kappa shape index (κ2) is 11.2. The molecule has 2 aromatic heterocycles. The van der Waals surface area contributed by atoms with Gasteiger partial charge in [0, 0.05) is 56.7 Å². The first-order valence-corrected chi connectivity index (χ1v) is 13.6. The Morgan fingerprint density at radius 2 is 1.69 bits per heavy atom. The lowest BCUT2D eigenvalue weighted by Gasteiger charge is -2.37. The number of methoxy groups -OCH3 is 1. The van der Waals surface area contributed by atoms with Crippen molar-refractivity contribution < 1.29 is 13.9 Å². The van der Waals surface area contributed by atoms with E-state index in [9.17, 15) is 4.79 Å². The summed E-state index contributed by atoms with van der Waals surface area (Å²) >= 11 is 1.55. The second-order valence-electron chi connectivity index (χ2n) is 9.08. The van der Waals surface area contributed by atoms with E-state index in [4.69, 9.17) is 19.1 Å². The fourth-order valence-corrected chi connectivity index (χ4v) is 5.40. The van der Waals surface area contributed by atoms with Crippen LogP contribution < -0.4 is 14.5 Å². The molecule has 36 heavy (non-hydrogen) atoms. The van der Waals surface area contributed by atoms with Gasteiger partial charge in [-0.2, -0.15) is 0 Å². The van der Waals surface area contributed by atoms with E-state index in [1.165, 1.54) is 5.69 Å². The van der Waals surface area contributed by atoms with Crippen molar-refractivity contribution in [3.8, 4) is 5.75 Å². The van der Waals surface area contributed by atoms with Gasteiger partial charge in [0.05, 0.1) is 12.9 Å². The normalized spacial score (nSPS) is 16.0. The van der Waals surface area contributed by atoms with Gasteiger partial charge in [0.2, 0.25) is 0 Å². The number of anilines is 2. The molecule has 2 fully saturated rings. The van der Waals surface area contributed by atoms with Crippen LogP contribution in [-0.4, -0.2) is 67.2 Å². The maximum absolute atomic E-state index is 12.6. The van der Waals surface area contributed by atoms with Gasteiger partial charge in [-0.25, -0.2) is 9.97 Å². The summed E-state index contributed by atoms with van der Waals surface area (Å²) in [5, 5.41) is 0.741. The Labute approximate surface area is 216 Å². The van der Waals surface area contributed by atoms with Crippen LogP contribution in [0.5, 0.6) is 5.75 Å². The molecule has 0 aliphatic carbocycles. The van der Waals surface area contributed by atoms with Crippen LogP contribution in [0.25, 0.3) is 0 Å². The third kappa shape index (κ3) is 5.61. The smallest absolute Gasteiger partial charge is 0.289 e. The Hall–Kier alpha value is -3.20. The number of nitrogens with zero attached hydrogens (tertiary/aromatic N) is 5. The number of rotatable bonds is 8. The molecular weight excluding hydrogens is 474 g/mol. The largest absolute Gasteiger partial charge is 0.497 e. The van der Waals surface area contributed by atoms with Gasteiger partial charge in [-0.15, -0.1) is 0 Å². The minimum Gasteiger partial charge on any atom is -0.497 e. The Kier molecular flexibility index (Phi) is 7.65. The number of furan rings is 1. The standard InChI is InChI=1S/C27H33N5O3S/c1-3-20-18-25(31-16-14-30(15-17-31)21-6-8-22(34-2)9-7-21)29-27(28-20)36-19-23-10-11-24(35-23)26(33)32-12-4-5-13-32/h6-11,18H,3-5,12-17,19H2,1-2H3. The first kappa shape index (κ1) is 24.5. The highest BCUT2D eigenvalue weighted by molar-refractivity contribution is 7.98. The van der Waals surface area contributed by atoms with Crippen LogP contribution >= 0.6 is 11.8 Å². The van der Waals surface area contributed by atoms with Crippen molar-refractivity contribution in [1.82, 2.24) is 14.9 Å². The number of amides is 1. The van der Waals surface area contributed by atoms with Gasteiger partial charge in [-0.3, -0.25) is 4.79 Å². The molecule has 0 N–H and O–H groups in total. The monoisotopic (exact) mass is 507 g/mol. The summed E-state index contributed by atoms with van der Waals surface area (Å²) in [6.07, 6.45) is 2.99. The highest BCUT2D eigenvalue weighted by Gasteiger charge is 2.23. The molecule has 0 radical (unpaired) electrons. The van der Waals surface area contributed by atoms with E-state index in [0.29, 0.717) is 11.5 Å².